The maximum absolute atomic E-state index is 12.3. The topological polar surface area (TPSA) is 96.5 Å². The van der Waals surface area contributed by atoms with Gasteiger partial charge in [-0.1, -0.05) is 12.1 Å². The third-order valence-electron chi connectivity index (χ3n) is 6.08. The normalized spacial score (nSPS) is 19.2. The molecule has 0 spiro atoms. The van der Waals surface area contributed by atoms with Gasteiger partial charge in [-0.2, -0.15) is 0 Å². The Morgan fingerprint density at radius 3 is 2.59 bits per heavy atom. The van der Waals surface area contributed by atoms with E-state index in [0.717, 1.165) is 41.9 Å². The highest BCUT2D eigenvalue weighted by Gasteiger charge is 2.43. The average Bonchev–Trinajstić information content (AvgIpc) is 3.50. The van der Waals surface area contributed by atoms with E-state index in [1.54, 1.807) is 18.6 Å². The molecule has 174 valence electrons. The lowest BCUT2D eigenvalue weighted by molar-refractivity contribution is -0.118. The second-order valence-electron chi connectivity index (χ2n) is 8.54. The number of benzene rings is 1. The Hall–Kier alpha value is -3.78. The van der Waals surface area contributed by atoms with Crippen molar-refractivity contribution in [3.63, 3.8) is 0 Å². The Kier molecular flexibility index (Phi) is 6.22. The third kappa shape index (κ3) is 4.92. The zero-order valence-electron chi connectivity index (χ0n) is 19.0. The molecule has 1 saturated carbocycles. The molecule has 0 bridgehead atoms. The summed E-state index contributed by atoms with van der Waals surface area (Å²) in [4.78, 5) is 34.8. The van der Waals surface area contributed by atoms with Crippen LogP contribution in [0.25, 0.3) is 11.1 Å². The number of amides is 2. The van der Waals surface area contributed by atoms with E-state index >= 15 is 0 Å². The van der Waals surface area contributed by atoms with E-state index in [-0.39, 0.29) is 23.8 Å². The Balaban J connectivity index is 1.20. The minimum Gasteiger partial charge on any atom is -0.378 e. The molecule has 1 aromatic carbocycles. The van der Waals surface area contributed by atoms with Crippen LogP contribution in [0.4, 0.5) is 22.9 Å². The standard InChI is InChI=1S/C26H27N5O3/c1-2-34-23-13-22(23)26(33)30-20-12-19(15-27-16-20)29-24-10-7-18(14-28-24)17-5-8-21(9-6-17)31-11-3-4-25(31)32/h5-10,12,14-16,22-23H,2-4,11,13H2,1H3,(H,28,29)(H,30,33)/t22-,23-/m0/s1. The number of nitrogens with zero attached hydrogens (tertiary/aromatic N) is 3. The van der Waals surface area contributed by atoms with Crippen molar-refractivity contribution in [2.75, 3.05) is 28.7 Å². The fourth-order valence-electron chi connectivity index (χ4n) is 4.20. The summed E-state index contributed by atoms with van der Waals surface area (Å²) in [5.74, 6) is 0.729. The van der Waals surface area contributed by atoms with Crippen LogP contribution in [0.3, 0.4) is 0 Å². The molecule has 2 aliphatic rings. The minimum atomic E-state index is -0.0873. The molecular weight excluding hydrogens is 430 g/mol. The van der Waals surface area contributed by atoms with Crippen molar-refractivity contribution in [2.45, 2.75) is 32.3 Å². The highest BCUT2D eigenvalue weighted by molar-refractivity contribution is 5.96. The molecule has 8 heteroatoms. The molecule has 5 rings (SSSR count). The number of rotatable bonds is 8. The fourth-order valence-corrected chi connectivity index (χ4v) is 4.20. The Labute approximate surface area is 198 Å². The SMILES string of the molecule is CCO[C@H]1C[C@@H]1C(=O)Nc1cncc(Nc2ccc(-c3ccc(N4CCCC4=O)cc3)cn2)c1. The molecule has 2 aromatic heterocycles. The van der Waals surface area contributed by atoms with Gasteiger partial charge in [-0.25, -0.2) is 4.98 Å². The van der Waals surface area contributed by atoms with E-state index in [0.29, 0.717) is 24.5 Å². The number of aromatic nitrogens is 2. The number of carbonyl (C=O) groups is 2. The zero-order valence-corrected chi connectivity index (χ0v) is 19.0. The van der Waals surface area contributed by atoms with E-state index < -0.39 is 0 Å². The molecule has 1 aliphatic carbocycles. The van der Waals surface area contributed by atoms with Crippen LogP contribution in [-0.2, 0) is 14.3 Å². The molecule has 8 nitrogen and oxygen atoms in total. The number of carbonyl (C=O) groups excluding carboxylic acids is 2. The molecule has 1 aliphatic heterocycles. The number of ether oxygens (including phenoxy) is 1. The largest absolute Gasteiger partial charge is 0.378 e. The lowest BCUT2D eigenvalue weighted by Gasteiger charge is -2.16. The van der Waals surface area contributed by atoms with Crippen molar-refractivity contribution in [1.82, 2.24) is 9.97 Å². The van der Waals surface area contributed by atoms with E-state index in [1.165, 1.54) is 0 Å². The van der Waals surface area contributed by atoms with Gasteiger partial charge in [0.1, 0.15) is 5.82 Å². The van der Waals surface area contributed by atoms with E-state index in [9.17, 15) is 9.59 Å². The first kappa shape index (κ1) is 22.0. The predicted molar refractivity (Wildman–Crippen MR) is 131 cm³/mol. The van der Waals surface area contributed by atoms with Gasteiger partial charge in [-0.15, -0.1) is 0 Å². The van der Waals surface area contributed by atoms with Crippen LogP contribution < -0.4 is 15.5 Å². The Bertz CT molecular complexity index is 1180. The Morgan fingerprint density at radius 2 is 1.88 bits per heavy atom. The lowest BCUT2D eigenvalue weighted by atomic mass is 10.1. The van der Waals surface area contributed by atoms with Crippen LogP contribution in [0.5, 0.6) is 0 Å². The molecule has 2 N–H and O–H groups in total. The predicted octanol–water partition coefficient (Wildman–Crippen LogP) is 4.38. The van der Waals surface area contributed by atoms with E-state index in [1.807, 2.05) is 54.3 Å². The number of hydrogen-bond donors (Lipinski definition) is 2. The highest BCUT2D eigenvalue weighted by atomic mass is 16.5. The minimum absolute atomic E-state index is 0.0286. The van der Waals surface area contributed by atoms with Crippen LogP contribution in [0.2, 0.25) is 0 Å². The molecule has 3 heterocycles. The molecule has 34 heavy (non-hydrogen) atoms. The first-order valence-electron chi connectivity index (χ1n) is 11.6. The summed E-state index contributed by atoms with van der Waals surface area (Å²) in [6.45, 7) is 3.33. The molecule has 2 amide bonds. The van der Waals surface area contributed by atoms with Gasteiger partial charge in [0.2, 0.25) is 11.8 Å². The smallest absolute Gasteiger partial charge is 0.230 e. The molecular formula is C26H27N5O3. The monoisotopic (exact) mass is 457 g/mol. The molecule has 1 saturated heterocycles. The van der Waals surface area contributed by atoms with Gasteiger partial charge in [0.25, 0.3) is 0 Å². The summed E-state index contributed by atoms with van der Waals surface area (Å²) >= 11 is 0. The van der Waals surface area contributed by atoms with Crippen LogP contribution in [0.15, 0.2) is 61.1 Å². The number of nitrogens with one attached hydrogen (secondary N) is 2. The molecule has 2 atom stereocenters. The summed E-state index contributed by atoms with van der Waals surface area (Å²) in [5.41, 5.74) is 4.32. The number of hydrogen-bond acceptors (Lipinski definition) is 6. The third-order valence-corrected chi connectivity index (χ3v) is 6.08. The van der Waals surface area contributed by atoms with Crippen LogP contribution in [-0.4, -0.2) is 41.0 Å². The summed E-state index contributed by atoms with van der Waals surface area (Å²) in [6, 6.07) is 13.7. The first-order chi connectivity index (χ1) is 16.6. The van der Waals surface area contributed by atoms with Crippen LogP contribution in [0, 0.1) is 5.92 Å². The van der Waals surface area contributed by atoms with E-state index in [4.69, 9.17) is 4.74 Å². The number of pyridine rings is 2. The van der Waals surface area contributed by atoms with Crippen molar-refractivity contribution >= 4 is 34.7 Å². The second kappa shape index (κ2) is 9.61. The van der Waals surface area contributed by atoms with Crippen molar-refractivity contribution in [2.24, 2.45) is 5.92 Å². The Morgan fingerprint density at radius 1 is 1.09 bits per heavy atom. The van der Waals surface area contributed by atoms with Gasteiger partial charge in [0, 0.05) is 37.0 Å². The van der Waals surface area contributed by atoms with Crippen LogP contribution in [0.1, 0.15) is 26.2 Å². The maximum Gasteiger partial charge on any atom is 0.230 e. The van der Waals surface area contributed by atoms with Crippen molar-refractivity contribution in [3.8, 4) is 11.1 Å². The fraction of sp³-hybridized carbons (Fsp3) is 0.308. The first-order valence-corrected chi connectivity index (χ1v) is 11.6. The number of anilines is 4. The summed E-state index contributed by atoms with van der Waals surface area (Å²) < 4.78 is 5.49. The van der Waals surface area contributed by atoms with Crippen molar-refractivity contribution < 1.29 is 14.3 Å². The molecule has 0 radical (unpaired) electrons. The van der Waals surface area contributed by atoms with Gasteiger partial charge >= 0.3 is 0 Å². The second-order valence-corrected chi connectivity index (χ2v) is 8.54. The van der Waals surface area contributed by atoms with Gasteiger partial charge in [-0.05, 0) is 55.7 Å². The van der Waals surface area contributed by atoms with Gasteiger partial charge < -0.3 is 20.3 Å². The average molecular weight is 458 g/mol. The van der Waals surface area contributed by atoms with Crippen LogP contribution >= 0.6 is 0 Å². The maximum atomic E-state index is 12.3. The highest BCUT2D eigenvalue weighted by Crippen LogP contribution is 2.35. The summed E-state index contributed by atoms with van der Waals surface area (Å²) in [5, 5.41) is 6.14. The lowest BCUT2D eigenvalue weighted by Crippen LogP contribution is -2.23. The van der Waals surface area contributed by atoms with Gasteiger partial charge in [0.05, 0.1) is 35.8 Å². The van der Waals surface area contributed by atoms with Gasteiger partial charge in [-0.3, -0.25) is 14.6 Å². The quantitative estimate of drug-likeness (QED) is 0.521. The summed E-state index contributed by atoms with van der Waals surface area (Å²) in [7, 11) is 0. The summed E-state index contributed by atoms with van der Waals surface area (Å²) in [6.07, 6.45) is 7.44. The molecule has 2 fully saturated rings. The molecule has 0 unspecified atom stereocenters. The zero-order chi connectivity index (χ0) is 23.5. The van der Waals surface area contributed by atoms with E-state index in [2.05, 4.69) is 20.6 Å². The molecule has 3 aromatic rings. The van der Waals surface area contributed by atoms with Gasteiger partial charge in [0.15, 0.2) is 0 Å². The van der Waals surface area contributed by atoms with Crippen molar-refractivity contribution in [3.05, 3.63) is 61.1 Å². The van der Waals surface area contributed by atoms with Crippen molar-refractivity contribution in [1.29, 1.82) is 0 Å².